The normalized spacial score (nSPS) is 16.3. The van der Waals surface area contributed by atoms with Gasteiger partial charge in [0.05, 0.1) is 13.0 Å². The number of nitrogens with zero attached hydrogens (tertiary/aromatic N) is 2. The van der Waals surface area contributed by atoms with E-state index in [4.69, 9.17) is 9.47 Å². The monoisotopic (exact) mass is 462 g/mol. The van der Waals surface area contributed by atoms with Crippen molar-refractivity contribution in [2.24, 2.45) is 5.92 Å². The molecular formula is C27H30N2O5. The first kappa shape index (κ1) is 23.5. The number of hydrogen-bond acceptors (Lipinski definition) is 5. The van der Waals surface area contributed by atoms with Crippen LogP contribution in [0.5, 0.6) is 5.75 Å². The molecule has 2 aliphatic heterocycles. The number of amides is 2. The topological polar surface area (TPSA) is 76.2 Å². The van der Waals surface area contributed by atoms with Gasteiger partial charge in [0.1, 0.15) is 5.75 Å². The summed E-state index contributed by atoms with van der Waals surface area (Å²) in [5, 5.41) is 0. The van der Waals surface area contributed by atoms with Crippen molar-refractivity contribution in [3.63, 3.8) is 0 Å². The number of benzene rings is 2. The van der Waals surface area contributed by atoms with Gasteiger partial charge in [0.2, 0.25) is 5.91 Å². The van der Waals surface area contributed by atoms with Gasteiger partial charge in [-0.15, -0.1) is 0 Å². The fourth-order valence-corrected chi connectivity index (χ4v) is 4.46. The quantitative estimate of drug-likeness (QED) is 0.485. The van der Waals surface area contributed by atoms with Crippen LogP contribution in [0.1, 0.15) is 30.4 Å². The Morgan fingerprint density at radius 3 is 2.53 bits per heavy atom. The maximum Gasteiger partial charge on any atom is 0.309 e. The van der Waals surface area contributed by atoms with Crippen molar-refractivity contribution in [3.05, 3.63) is 65.7 Å². The molecule has 2 aliphatic rings. The van der Waals surface area contributed by atoms with Crippen LogP contribution in [0.4, 0.5) is 5.69 Å². The molecule has 2 amide bonds. The summed E-state index contributed by atoms with van der Waals surface area (Å²) in [5.41, 5.74) is 2.88. The predicted octanol–water partition coefficient (Wildman–Crippen LogP) is 3.47. The van der Waals surface area contributed by atoms with Crippen LogP contribution in [-0.2, 0) is 25.5 Å². The largest absolute Gasteiger partial charge is 0.497 e. The second-order valence-corrected chi connectivity index (χ2v) is 8.59. The average Bonchev–Trinajstić information content (AvgIpc) is 2.90. The van der Waals surface area contributed by atoms with E-state index in [0.717, 1.165) is 35.4 Å². The zero-order valence-electron chi connectivity index (χ0n) is 19.4. The fourth-order valence-electron chi connectivity index (χ4n) is 4.46. The van der Waals surface area contributed by atoms with Crippen LogP contribution < -0.4 is 9.64 Å². The summed E-state index contributed by atoms with van der Waals surface area (Å²) in [6, 6.07) is 15.3. The predicted molar refractivity (Wildman–Crippen MR) is 129 cm³/mol. The Balaban J connectivity index is 1.24. The van der Waals surface area contributed by atoms with E-state index in [2.05, 4.69) is 0 Å². The van der Waals surface area contributed by atoms with Crippen LogP contribution >= 0.6 is 0 Å². The van der Waals surface area contributed by atoms with Gasteiger partial charge in [0.25, 0.3) is 5.91 Å². The summed E-state index contributed by atoms with van der Waals surface area (Å²) < 4.78 is 10.7. The van der Waals surface area contributed by atoms with E-state index in [-0.39, 0.29) is 30.3 Å². The van der Waals surface area contributed by atoms with Gasteiger partial charge >= 0.3 is 5.97 Å². The highest BCUT2D eigenvalue weighted by molar-refractivity contribution is 5.96. The number of ether oxygens (including phenoxy) is 2. The molecule has 7 heteroatoms. The second kappa shape index (κ2) is 11.0. The molecule has 0 saturated carbocycles. The van der Waals surface area contributed by atoms with E-state index in [9.17, 15) is 14.4 Å². The number of aryl methyl sites for hydroxylation is 1. The lowest BCUT2D eigenvalue weighted by molar-refractivity contribution is -0.154. The minimum absolute atomic E-state index is 0.0637. The van der Waals surface area contributed by atoms with Gasteiger partial charge in [-0.25, -0.2) is 0 Å². The van der Waals surface area contributed by atoms with E-state index < -0.39 is 0 Å². The first-order valence-electron chi connectivity index (χ1n) is 11.7. The van der Waals surface area contributed by atoms with Crippen molar-refractivity contribution < 1.29 is 23.9 Å². The van der Waals surface area contributed by atoms with Crippen LogP contribution in [0.2, 0.25) is 0 Å². The number of fused-ring (bicyclic) bond motifs is 1. The fraction of sp³-hybridized carbons (Fsp3) is 0.370. The summed E-state index contributed by atoms with van der Waals surface area (Å²) in [5.74, 6) is -0.190. The molecule has 0 atom stereocenters. The van der Waals surface area contributed by atoms with Gasteiger partial charge in [-0.05, 0) is 61.1 Å². The third-order valence-electron chi connectivity index (χ3n) is 6.40. The van der Waals surface area contributed by atoms with E-state index >= 15 is 0 Å². The average molecular weight is 463 g/mol. The van der Waals surface area contributed by atoms with Gasteiger partial charge in [0.15, 0.2) is 6.61 Å². The Labute approximate surface area is 199 Å². The standard InChI is InChI=1S/C27H30N2O5/c1-33-23-10-11-24-22(18-23)8-5-15-29(24)26(31)19-34-27(32)21-13-16-28(17-14-21)25(30)12-9-20-6-3-2-4-7-20/h2-4,6-7,9-12,18,21H,5,8,13-17,19H2,1H3/b12-9+. The molecular weight excluding hydrogens is 432 g/mol. The number of carbonyl (C=O) groups excluding carboxylic acids is 3. The SMILES string of the molecule is COc1ccc2c(c1)CCCN2C(=O)COC(=O)C1CCN(C(=O)/C=C/c2ccccc2)CC1. The number of esters is 1. The zero-order chi connectivity index (χ0) is 23.9. The molecule has 1 saturated heterocycles. The van der Waals surface area contributed by atoms with Gasteiger partial charge in [-0.1, -0.05) is 30.3 Å². The molecule has 0 bridgehead atoms. The van der Waals surface area contributed by atoms with E-state index in [1.54, 1.807) is 29.1 Å². The number of piperidine rings is 1. The minimum atomic E-state index is -0.368. The smallest absolute Gasteiger partial charge is 0.309 e. The summed E-state index contributed by atoms with van der Waals surface area (Å²) in [6.07, 6.45) is 6.16. The summed E-state index contributed by atoms with van der Waals surface area (Å²) in [6.45, 7) is 1.32. The van der Waals surface area contributed by atoms with Crippen molar-refractivity contribution in [2.75, 3.05) is 38.3 Å². The third kappa shape index (κ3) is 5.65. The number of rotatable bonds is 6. The molecule has 0 N–H and O–H groups in total. The molecule has 4 rings (SSSR count). The third-order valence-corrected chi connectivity index (χ3v) is 6.40. The maximum atomic E-state index is 12.8. The molecule has 1 fully saturated rings. The van der Waals surface area contributed by atoms with E-state index in [0.29, 0.717) is 32.5 Å². The molecule has 0 radical (unpaired) electrons. The van der Waals surface area contributed by atoms with Crippen LogP contribution in [0.15, 0.2) is 54.6 Å². The number of hydrogen-bond donors (Lipinski definition) is 0. The van der Waals surface area contributed by atoms with E-state index in [1.165, 1.54) is 0 Å². The summed E-state index contributed by atoms with van der Waals surface area (Å²) in [4.78, 5) is 41.2. The van der Waals surface area contributed by atoms with Gasteiger partial charge < -0.3 is 19.3 Å². The number of methoxy groups -OCH3 is 1. The maximum absolute atomic E-state index is 12.8. The minimum Gasteiger partial charge on any atom is -0.497 e. The summed E-state index contributed by atoms with van der Waals surface area (Å²) >= 11 is 0. The van der Waals surface area contributed by atoms with Crippen LogP contribution in [-0.4, -0.2) is 56.0 Å². The number of carbonyl (C=O) groups is 3. The van der Waals surface area contributed by atoms with Gasteiger partial charge in [0, 0.05) is 31.4 Å². The molecule has 34 heavy (non-hydrogen) atoms. The molecule has 178 valence electrons. The molecule has 0 unspecified atom stereocenters. The van der Waals surface area contributed by atoms with Crippen LogP contribution in [0.3, 0.4) is 0 Å². The zero-order valence-corrected chi connectivity index (χ0v) is 19.4. The Morgan fingerprint density at radius 1 is 1.03 bits per heavy atom. The lowest BCUT2D eigenvalue weighted by Gasteiger charge is -2.31. The Hall–Kier alpha value is -3.61. The van der Waals surface area contributed by atoms with Gasteiger partial charge in [-0.3, -0.25) is 14.4 Å². The first-order valence-corrected chi connectivity index (χ1v) is 11.7. The summed E-state index contributed by atoms with van der Waals surface area (Å²) in [7, 11) is 1.62. The van der Waals surface area contributed by atoms with Crippen LogP contribution in [0, 0.1) is 5.92 Å². The highest BCUT2D eigenvalue weighted by Gasteiger charge is 2.29. The second-order valence-electron chi connectivity index (χ2n) is 8.59. The lowest BCUT2D eigenvalue weighted by Crippen LogP contribution is -2.41. The Morgan fingerprint density at radius 2 is 1.79 bits per heavy atom. The number of likely N-dealkylation sites (tertiary alicyclic amines) is 1. The molecule has 2 aromatic carbocycles. The molecule has 2 heterocycles. The van der Waals surface area contributed by atoms with E-state index in [1.807, 2.05) is 48.5 Å². The lowest BCUT2D eigenvalue weighted by atomic mass is 9.97. The van der Waals surface area contributed by atoms with Crippen molar-refractivity contribution in [1.29, 1.82) is 0 Å². The van der Waals surface area contributed by atoms with Crippen molar-refractivity contribution in [1.82, 2.24) is 4.90 Å². The molecule has 7 nitrogen and oxygen atoms in total. The van der Waals surface area contributed by atoms with Crippen molar-refractivity contribution in [3.8, 4) is 5.75 Å². The number of anilines is 1. The van der Waals surface area contributed by atoms with Crippen molar-refractivity contribution in [2.45, 2.75) is 25.7 Å². The van der Waals surface area contributed by atoms with Crippen molar-refractivity contribution >= 4 is 29.5 Å². The van der Waals surface area contributed by atoms with Gasteiger partial charge in [-0.2, -0.15) is 0 Å². The van der Waals surface area contributed by atoms with Crippen LogP contribution in [0.25, 0.3) is 6.08 Å². The molecule has 0 aromatic heterocycles. The molecule has 0 spiro atoms. The highest BCUT2D eigenvalue weighted by atomic mass is 16.5. The Kier molecular flexibility index (Phi) is 7.62. The first-order chi connectivity index (χ1) is 16.5. The molecule has 2 aromatic rings. The molecule has 0 aliphatic carbocycles. The Bertz CT molecular complexity index is 1060. The highest BCUT2D eigenvalue weighted by Crippen LogP contribution is 2.30.